The highest BCUT2D eigenvalue weighted by atomic mass is 16.1. The molecule has 0 radical (unpaired) electrons. The Kier molecular flexibility index (Phi) is 3.46. The van der Waals surface area contributed by atoms with Gasteiger partial charge in [0.2, 0.25) is 0 Å². The van der Waals surface area contributed by atoms with Crippen LogP contribution in [0.5, 0.6) is 0 Å². The van der Waals surface area contributed by atoms with Gasteiger partial charge in [0, 0.05) is 6.42 Å². The van der Waals surface area contributed by atoms with Crippen LogP contribution in [0.3, 0.4) is 0 Å². The molecule has 94 valence electrons. The van der Waals surface area contributed by atoms with Gasteiger partial charge in [-0.05, 0) is 18.9 Å². The minimum Gasteiger partial charge on any atom is -0.383 e. The van der Waals surface area contributed by atoms with E-state index in [1.54, 1.807) is 0 Å². The van der Waals surface area contributed by atoms with Gasteiger partial charge in [-0.15, -0.1) is 0 Å². The molecule has 18 heavy (non-hydrogen) atoms. The number of anilines is 1. The molecule has 0 fully saturated rings. The molecule has 0 saturated carbocycles. The third-order valence-electron chi connectivity index (χ3n) is 2.94. The molecule has 0 saturated heterocycles. The Morgan fingerprint density at radius 1 is 1.28 bits per heavy atom. The minimum absolute atomic E-state index is 0.132. The molecule has 0 aliphatic rings. The van der Waals surface area contributed by atoms with Crippen molar-refractivity contribution in [2.24, 2.45) is 0 Å². The van der Waals surface area contributed by atoms with Crippen LogP contribution in [0.4, 0.5) is 5.82 Å². The molecular weight excluding hydrogens is 226 g/mol. The molecule has 0 atom stereocenters. The largest absolute Gasteiger partial charge is 0.383 e. The molecule has 0 bridgehead atoms. The van der Waals surface area contributed by atoms with Crippen molar-refractivity contribution in [2.75, 3.05) is 5.73 Å². The van der Waals surface area contributed by atoms with E-state index in [0.717, 1.165) is 5.56 Å². The lowest BCUT2D eigenvalue weighted by molar-refractivity contribution is 0.916. The Balaban J connectivity index is 2.30. The van der Waals surface area contributed by atoms with E-state index in [1.165, 1.54) is 5.56 Å². The van der Waals surface area contributed by atoms with Gasteiger partial charge in [0.05, 0.1) is 5.56 Å². The highest BCUT2D eigenvalue weighted by molar-refractivity contribution is 5.38. The molecule has 2 rings (SSSR count). The Hall–Kier alpha value is -2.10. The molecular formula is C14H17N3O. The highest BCUT2D eigenvalue weighted by Gasteiger charge is 2.07. The monoisotopic (exact) mass is 243 g/mol. The van der Waals surface area contributed by atoms with Crippen molar-refractivity contribution < 1.29 is 0 Å². The zero-order valence-corrected chi connectivity index (χ0v) is 10.7. The summed E-state index contributed by atoms with van der Waals surface area (Å²) in [5.74, 6) is 0.946. The fraction of sp³-hybridized carbons (Fsp3) is 0.286. The first kappa shape index (κ1) is 12.4. The maximum atomic E-state index is 11.8. The van der Waals surface area contributed by atoms with Crippen molar-refractivity contribution in [3.05, 3.63) is 57.1 Å². The van der Waals surface area contributed by atoms with E-state index in [9.17, 15) is 4.79 Å². The average Bonchev–Trinajstić information content (AvgIpc) is 2.32. The van der Waals surface area contributed by atoms with Crippen LogP contribution >= 0.6 is 0 Å². The summed E-state index contributed by atoms with van der Waals surface area (Å²) in [6, 6.07) is 8.13. The fourth-order valence-corrected chi connectivity index (χ4v) is 1.89. The summed E-state index contributed by atoms with van der Waals surface area (Å²) in [4.78, 5) is 18.8. The van der Waals surface area contributed by atoms with Gasteiger partial charge in [-0.2, -0.15) is 0 Å². The quantitative estimate of drug-likeness (QED) is 0.863. The van der Waals surface area contributed by atoms with Crippen molar-refractivity contribution in [1.29, 1.82) is 0 Å². The lowest BCUT2D eigenvalue weighted by Gasteiger charge is -2.05. The molecule has 0 spiro atoms. The first-order valence-electron chi connectivity index (χ1n) is 6.03. The second-order valence-corrected chi connectivity index (χ2v) is 4.39. The number of hydrogen-bond donors (Lipinski definition) is 2. The van der Waals surface area contributed by atoms with Gasteiger partial charge in [-0.1, -0.05) is 36.8 Å². The third-order valence-corrected chi connectivity index (χ3v) is 2.94. The Labute approximate surface area is 106 Å². The van der Waals surface area contributed by atoms with Gasteiger partial charge in [0.1, 0.15) is 11.6 Å². The summed E-state index contributed by atoms with van der Waals surface area (Å²) in [6.45, 7) is 3.93. The number of nitrogen functional groups attached to an aromatic ring is 1. The van der Waals surface area contributed by atoms with Gasteiger partial charge in [-0.25, -0.2) is 4.98 Å². The minimum atomic E-state index is -0.132. The maximum Gasteiger partial charge on any atom is 0.256 e. The van der Waals surface area contributed by atoms with Crippen LogP contribution in [0.25, 0.3) is 0 Å². The van der Waals surface area contributed by atoms with Gasteiger partial charge in [0.15, 0.2) is 0 Å². The molecule has 1 heterocycles. The smallest absolute Gasteiger partial charge is 0.256 e. The Morgan fingerprint density at radius 3 is 2.50 bits per heavy atom. The number of aromatic amines is 1. The predicted molar refractivity (Wildman–Crippen MR) is 72.6 cm³/mol. The van der Waals surface area contributed by atoms with E-state index in [4.69, 9.17) is 5.73 Å². The number of nitrogens with one attached hydrogen (secondary N) is 1. The van der Waals surface area contributed by atoms with E-state index in [0.29, 0.717) is 30.0 Å². The van der Waals surface area contributed by atoms with Crippen LogP contribution in [0, 0.1) is 6.92 Å². The normalized spacial score (nSPS) is 10.6. The zero-order chi connectivity index (χ0) is 13.1. The van der Waals surface area contributed by atoms with Crippen molar-refractivity contribution >= 4 is 5.82 Å². The summed E-state index contributed by atoms with van der Waals surface area (Å²) in [5, 5.41) is 0. The second-order valence-electron chi connectivity index (χ2n) is 4.39. The predicted octanol–water partition coefficient (Wildman–Crippen LogP) is 1.81. The lowest BCUT2D eigenvalue weighted by Crippen LogP contribution is -2.19. The van der Waals surface area contributed by atoms with Crippen LogP contribution in [-0.2, 0) is 12.8 Å². The molecule has 0 amide bonds. The van der Waals surface area contributed by atoms with Crippen molar-refractivity contribution in [3.63, 3.8) is 0 Å². The molecule has 2 aromatic rings. The number of aryl methyl sites for hydroxylation is 1. The zero-order valence-electron chi connectivity index (χ0n) is 10.7. The number of hydrogen-bond acceptors (Lipinski definition) is 3. The Morgan fingerprint density at radius 2 is 1.94 bits per heavy atom. The number of nitrogens with two attached hydrogens (primary N) is 1. The van der Waals surface area contributed by atoms with E-state index in [-0.39, 0.29) is 5.56 Å². The standard InChI is InChI=1S/C14H17N3O/c1-3-11-13(15)16-12(17-14(11)18)8-10-6-4-9(2)5-7-10/h4-7H,3,8H2,1-2H3,(H3,15,16,17,18). The summed E-state index contributed by atoms with van der Waals surface area (Å²) >= 11 is 0. The van der Waals surface area contributed by atoms with Crippen LogP contribution in [-0.4, -0.2) is 9.97 Å². The second kappa shape index (κ2) is 5.04. The molecule has 1 aromatic heterocycles. The van der Waals surface area contributed by atoms with E-state index in [2.05, 4.69) is 9.97 Å². The van der Waals surface area contributed by atoms with Gasteiger partial charge >= 0.3 is 0 Å². The third kappa shape index (κ3) is 2.59. The summed E-state index contributed by atoms with van der Waals surface area (Å²) in [7, 11) is 0. The van der Waals surface area contributed by atoms with E-state index < -0.39 is 0 Å². The molecule has 0 aliphatic heterocycles. The van der Waals surface area contributed by atoms with Crippen molar-refractivity contribution in [2.45, 2.75) is 26.7 Å². The summed E-state index contributed by atoms with van der Waals surface area (Å²) in [6.07, 6.45) is 1.18. The van der Waals surface area contributed by atoms with Crippen LogP contribution < -0.4 is 11.3 Å². The summed E-state index contributed by atoms with van der Waals surface area (Å²) in [5.41, 5.74) is 8.52. The molecule has 4 heteroatoms. The van der Waals surface area contributed by atoms with E-state index >= 15 is 0 Å². The summed E-state index contributed by atoms with van der Waals surface area (Å²) < 4.78 is 0. The molecule has 3 N–H and O–H groups in total. The average molecular weight is 243 g/mol. The first-order chi connectivity index (χ1) is 8.60. The molecule has 0 aliphatic carbocycles. The van der Waals surface area contributed by atoms with Crippen molar-refractivity contribution in [3.8, 4) is 0 Å². The maximum absolute atomic E-state index is 11.8. The molecule has 4 nitrogen and oxygen atoms in total. The van der Waals surface area contributed by atoms with Gasteiger partial charge < -0.3 is 10.7 Å². The first-order valence-corrected chi connectivity index (χ1v) is 6.03. The number of H-pyrrole nitrogens is 1. The molecule has 1 aromatic carbocycles. The molecule has 0 unspecified atom stereocenters. The lowest BCUT2D eigenvalue weighted by atomic mass is 10.1. The topological polar surface area (TPSA) is 71.8 Å². The van der Waals surface area contributed by atoms with Crippen LogP contribution in [0.2, 0.25) is 0 Å². The highest BCUT2D eigenvalue weighted by Crippen LogP contribution is 2.09. The van der Waals surface area contributed by atoms with Crippen LogP contribution in [0.15, 0.2) is 29.1 Å². The van der Waals surface area contributed by atoms with Gasteiger partial charge in [-0.3, -0.25) is 4.79 Å². The number of aromatic nitrogens is 2. The van der Waals surface area contributed by atoms with Crippen molar-refractivity contribution in [1.82, 2.24) is 9.97 Å². The number of nitrogens with zero attached hydrogens (tertiary/aromatic N) is 1. The van der Waals surface area contributed by atoms with E-state index in [1.807, 2.05) is 38.1 Å². The Bertz CT molecular complexity index is 599. The SMILES string of the molecule is CCc1c(N)nc(Cc2ccc(C)cc2)[nH]c1=O. The number of rotatable bonds is 3. The van der Waals surface area contributed by atoms with Crippen LogP contribution in [0.1, 0.15) is 29.4 Å². The van der Waals surface area contributed by atoms with Gasteiger partial charge in [0.25, 0.3) is 5.56 Å². The number of benzene rings is 1. The fourth-order valence-electron chi connectivity index (χ4n) is 1.89.